The van der Waals surface area contributed by atoms with Crippen molar-refractivity contribution in [2.45, 2.75) is 17.4 Å². The fraction of sp³-hybridized carbons (Fsp3) is 0.118. The highest BCUT2D eigenvalue weighted by atomic mass is 32.2. The molecule has 1 aliphatic rings. The van der Waals surface area contributed by atoms with Crippen molar-refractivity contribution < 1.29 is 18.3 Å². The molecule has 3 heterocycles. The van der Waals surface area contributed by atoms with Crippen molar-refractivity contribution in [2.24, 2.45) is 5.73 Å². The third-order valence-corrected chi connectivity index (χ3v) is 5.42. The lowest BCUT2D eigenvalue weighted by atomic mass is 10.3. The van der Waals surface area contributed by atoms with E-state index >= 15 is 0 Å². The zero-order valence-corrected chi connectivity index (χ0v) is 16.6. The fourth-order valence-corrected chi connectivity index (χ4v) is 3.64. The number of carbonyl (C=O) groups excluding carboxylic acids is 1. The van der Waals surface area contributed by atoms with E-state index in [2.05, 4.69) is 40.6 Å². The largest absolute Gasteiger partial charge is 0.379 e. The maximum atomic E-state index is 12.4. The van der Waals surface area contributed by atoms with Gasteiger partial charge < -0.3 is 15.7 Å². The molecule has 4 rings (SSSR count). The van der Waals surface area contributed by atoms with E-state index in [1.807, 2.05) is 0 Å². The SMILES string of the molecule is NC1(O)NC(=O)c2nc(CNc3ccc(S(=O)(=O)Nc4ncccn4)cc3)cnc2N1. The number of hydrogen-bond acceptors (Lipinski definition) is 11. The number of fused-ring (bicyclic) bond motifs is 1. The van der Waals surface area contributed by atoms with Crippen LogP contribution in [-0.4, -0.2) is 45.3 Å². The summed E-state index contributed by atoms with van der Waals surface area (Å²) < 4.78 is 27.1. The maximum Gasteiger partial charge on any atom is 0.278 e. The molecule has 1 amide bonds. The lowest BCUT2D eigenvalue weighted by molar-refractivity contribution is 0.0310. The summed E-state index contributed by atoms with van der Waals surface area (Å²) in [5.41, 5.74) is 6.47. The zero-order chi connectivity index (χ0) is 22.1. The Hall–Kier alpha value is -3.88. The van der Waals surface area contributed by atoms with Crippen molar-refractivity contribution in [1.82, 2.24) is 25.3 Å². The van der Waals surface area contributed by atoms with Gasteiger partial charge in [0.05, 0.1) is 23.3 Å². The molecular weight excluding hydrogens is 426 g/mol. The number of aromatic nitrogens is 4. The second-order valence-corrected chi connectivity index (χ2v) is 8.14. The van der Waals surface area contributed by atoms with Crippen LogP contribution in [0, 0.1) is 0 Å². The third kappa shape index (κ3) is 4.66. The van der Waals surface area contributed by atoms with Gasteiger partial charge in [-0.3, -0.25) is 15.8 Å². The third-order valence-electron chi connectivity index (χ3n) is 4.08. The van der Waals surface area contributed by atoms with Crippen LogP contribution in [-0.2, 0) is 16.6 Å². The number of nitrogens with zero attached hydrogens (tertiary/aromatic N) is 4. The lowest BCUT2D eigenvalue weighted by Gasteiger charge is -2.30. The number of sulfonamides is 1. The minimum absolute atomic E-state index is 0.00919. The molecule has 0 bridgehead atoms. The van der Waals surface area contributed by atoms with Crippen LogP contribution in [0.1, 0.15) is 16.2 Å². The predicted octanol–water partition coefficient (Wildman–Crippen LogP) is -0.603. The average molecular weight is 443 g/mol. The van der Waals surface area contributed by atoms with Crippen LogP contribution in [0.2, 0.25) is 0 Å². The lowest BCUT2D eigenvalue weighted by Crippen LogP contribution is -2.64. The Balaban J connectivity index is 1.42. The molecule has 31 heavy (non-hydrogen) atoms. The highest BCUT2D eigenvalue weighted by Gasteiger charge is 2.34. The van der Waals surface area contributed by atoms with Crippen molar-refractivity contribution >= 4 is 33.4 Å². The van der Waals surface area contributed by atoms with Gasteiger partial charge in [0.25, 0.3) is 21.9 Å². The summed E-state index contributed by atoms with van der Waals surface area (Å²) in [6.45, 7) is 0.211. The van der Waals surface area contributed by atoms with Crippen LogP contribution in [0.25, 0.3) is 0 Å². The van der Waals surface area contributed by atoms with Gasteiger partial charge in [0.2, 0.25) is 5.95 Å². The molecule has 0 saturated carbocycles. The Labute approximate surface area is 176 Å². The number of aliphatic hydroxyl groups is 1. The Morgan fingerprint density at radius 1 is 1.10 bits per heavy atom. The molecule has 7 N–H and O–H groups in total. The minimum atomic E-state index is -3.83. The van der Waals surface area contributed by atoms with Gasteiger partial charge in [-0.1, -0.05) is 0 Å². The summed E-state index contributed by atoms with van der Waals surface area (Å²) >= 11 is 0. The normalized spacial score (nSPS) is 17.8. The first-order valence-electron chi connectivity index (χ1n) is 8.83. The first kappa shape index (κ1) is 20.4. The van der Waals surface area contributed by atoms with Crippen LogP contribution in [0.4, 0.5) is 17.5 Å². The summed E-state index contributed by atoms with van der Waals surface area (Å²) in [6, 6.07) is 7.58. The van der Waals surface area contributed by atoms with Gasteiger partial charge in [0, 0.05) is 18.1 Å². The van der Waals surface area contributed by atoms with Gasteiger partial charge in [-0.25, -0.2) is 33.1 Å². The van der Waals surface area contributed by atoms with Gasteiger partial charge in [-0.15, -0.1) is 0 Å². The molecule has 0 radical (unpaired) electrons. The standard InChI is InChI=1S/C17H17N9O4S/c18-17(28)24-14-13(15(27)25-17)23-11(9-22-14)8-21-10-2-4-12(5-3-10)31(29,30)26-16-19-6-1-7-20-16/h1-7,9,21,28H,8,18H2,(H,22,24)(H,25,27)(H,19,20,26). The van der Waals surface area contributed by atoms with Gasteiger partial charge in [-0.05, 0) is 30.3 Å². The van der Waals surface area contributed by atoms with Gasteiger partial charge >= 0.3 is 0 Å². The quantitative estimate of drug-likeness (QED) is 0.266. The van der Waals surface area contributed by atoms with E-state index in [0.29, 0.717) is 11.4 Å². The number of carbonyl (C=O) groups is 1. The van der Waals surface area contributed by atoms with Crippen LogP contribution in [0.5, 0.6) is 0 Å². The first-order chi connectivity index (χ1) is 14.7. The molecular formula is C17H17N9O4S. The van der Waals surface area contributed by atoms with Crippen LogP contribution in [0.3, 0.4) is 0 Å². The Bertz CT molecular complexity index is 1220. The molecule has 0 spiro atoms. The molecule has 0 fully saturated rings. The summed E-state index contributed by atoms with van der Waals surface area (Å²) in [5, 5.41) is 17.3. The Morgan fingerprint density at radius 3 is 2.52 bits per heavy atom. The topological polar surface area (TPSA) is 197 Å². The second kappa shape index (κ2) is 7.75. The van der Waals surface area contributed by atoms with E-state index in [0.717, 1.165) is 0 Å². The fourth-order valence-electron chi connectivity index (χ4n) is 2.68. The number of hydrogen-bond donors (Lipinski definition) is 6. The molecule has 3 aromatic rings. The van der Waals surface area contributed by atoms with Gasteiger partial charge in [0.1, 0.15) is 0 Å². The highest BCUT2D eigenvalue weighted by molar-refractivity contribution is 7.92. The number of amides is 1. The number of benzene rings is 1. The van der Waals surface area contributed by atoms with E-state index in [9.17, 15) is 18.3 Å². The number of nitrogens with one attached hydrogen (secondary N) is 4. The van der Waals surface area contributed by atoms with Crippen LogP contribution in [0.15, 0.2) is 53.8 Å². The highest BCUT2D eigenvalue weighted by Crippen LogP contribution is 2.19. The van der Waals surface area contributed by atoms with Crippen molar-refractivity contribution in [3.8, 4) is 0 Å². The Morgan fingerprint density at radius 2 is 1.81 bits per heavy atom. The average Bonchev–Trinajstić information content (AvgIpc) is 2.72. The van der Waals surface area contributed by atoms with E-state index in [1.54, 1.807) is 18.2 Å². The van der Waals surface area contributed by atoms with Crippen molar-refractivity contribution in [1.29, 1.82) is 0 Å². The summed E-state index contributed by atoms with van der Waals surface area (Å²) in [6.07, 6.45) is 4.27. The van der Waals surface area contributed by atoms with Gasteiger partial charge in [0.15, 0.2) is 11.5 Å². The molecule has 1 aliphatic heterocycles. The molecule has 2 aromatic heterocycles. The summed E-state index contributed by atoms with van der Waals surface area (Å²) in [4.78, 5) is 28.0. The molecule has 0 saturated heterocycles. The number of rotatable bonds is 6. The predicted molar refractivity (Wildman–Crippen MR) is 109 cm³/mol. The van der Waals surface area contributed by atoms with E-state index < -0.39 is 21.9 Å². The van der Waals surface area contributed by atoms with Crippen molar-refractivity contribution in [2.75, 3.05) is 15.4 Å². The molecule has 14 heteroatoms. The number of nitrogens with two attached hydrogens (primary N) is 1. The molecule has 1 aromatic carbocycles. The van der Waals surface area contributed by atoms with Crippen molar-refractivity contribution in [3.05, 3.63) is 60.3 Å². The van der Waals surface area contributed by atoms with Gasteiger partial charge in [-0.2, -0.15) is 0 Å². The monoisotopic (exact) mass is 443 g/mol. The smallest absolute Gasteiger partial charge is 0.278 e. The Kier molecular flexibility index (Phi) is 5.10. The molecule has 1 unspecified atom stereocenters. The van der Waals surface area contributed by atoms with E-state index in [-0.39, 0.29) is 28.9 Å². The van der Waals surface area contributed by atoms with E-state index in [1.165, 1.54) is 30.7 Å². The molecule has 160 valence electrons. The maximum absolute atomic E-state index is 12.4. The number of anilines is 3. The second-order valence-electron chi connectivity index (χ2n) is 6.46. The zero-order valence-electron chi connectivity index (χ0n) is 15.8. The van der Waals surface area contributed by atoms with E-state index in [4.69, 9.17) is 5.73 Å². The van der Waals surface area contributed by atoms with Crippen LogP contribution >= 0.6 is 0 Å². The van der Waals surface area contributed by atoms with Crippen LogP contribution < -0.4 is 26.4 Å². The molecule has 0 aliphatic carbocycles. The molecule has 13 nitrogen and oxygen atoms in total. The van der Waals surface area contributed by atoms with Crippen molar-refractivity contribution in [3.63, 3.8) is 0 Å². The minimum Gasteiger partial charge on any atom is -0.379 e. The molecule has 1 atom stereocenters. The summed E-state index contributed by atoms with van der Waals surface area (Å²) in [5.74, 6) is -2.73. The first-order valence-corrected chi connectivity index (χ1v) is 10.3. The summed E-state index contributed by atoms with van der Waals surface area (Å²) in [7, 11) is -3.83.